The number of rotatable bonds is 14. The number of amides is 1. The lowest BCUT2D eigenvalue weighted by Gasteiger charge is -2.26. The van der Waals surface area contributed by atoms with Gasteiger partial charge >= 0.3 is 0 Å². The number of carbonyl (C=O) groups is 1. The first-order valence-corrected chi connectivity index (χ1v) is 13.8. The molecule has 1 amide bonds. The fourth-order valence-corrected chi connectivity index (χ4v) is 5.12. The van der Waals surface area contributed by atoms with Crippen LogP contribution in [0.15, 0.2) is 29.0 Å². The van der Waals surface area contributed by atoms with Crippen LogP contribution in [0.1, 0.15) is 68.8 Å². The van der Waals surface area contributed by atoms with Crippen molar-refractivity contribution >= 4 is 28.9 Å². The average Bonchev–Trinajstić information content (AvgIpc) is 3.27. The van der Waals surface area contributed by atoms with Crippen LogP contribution in [0.4, 0.5) is 11.6 Å². The Kier molecular flexibility index (Phi) is 9.77. The van der Waals surface area contributed by atoms with Crippen LogP contribution in [-0.4, -0.2) is 50.2 Å². The zero-order chi connectivity index (χ0) is 24.7. The summed E-state index contributed by atoms with van der Waals surface area (Å²) in [6.45, 7) is 8.49. The van der Waals surface area contributed by atoms with Crippen LogP contribution in [0, 0.1) is 11.8 Å². The van der Waals surface area contributed by atoms with Gasteiger partial charge in [0.25, 0.3) is 5.91 Å². The molecular formula is C27H43N5OS. The highest BCUT2D eigenvalue weighted by Gasteiger charge is 2.33. The van der Waals surface area contributed by atoms with E-state index in [2.05, 4.69) is 59.8 Å². The van der Waals surface area contributed by atoms with Crippen molar-refractivity contribution in [3.63, 3.8) is 0 Å². The molecular weight excluding hydrogens is 442 g/mol. The smallest absolute Gasteiger partial charge is 0.251 e. The van der Waals surface area contributed by atoms with Gasteiger partial charge in [0.1, 0.15) is 11.6 Å². The first-order chi connectivity index (χ1) is 16.3. The van der Waals surface area contributed by atoms with Gasteiger partial charge in [-0.15, -0.1) is 0 Å². The van der Waals surface area contributed by atoms with E-state index in [1.165, 1.54) is 12.0 Å². The van der Waals surface area contributed by atoms with Gasteiger partial charge < -0.3 is 20.9 Å². The van der Waals surface area contributed by atoms with Crippen LogP contribution in [0.25, 0.3) is 0 Å². The maximum Gasteiger partial charge on any atom is 0.251 e. The summed E-state index contributed by atoms with van der Waals surface area (Å²) in [5, 5.41) is 7.50. The number of anilines is 2. The Morgan fingerprint density at radius 1 is 1.24 bits per heavy atom. The molecule has 188 valence electrons. The molecule has 0 radical (unpaired) electrons. The van der Waals surface area contributed by atoms with E-state index in [0.29, 0.717) is 11.5 Å². The van der Waals surface area contributed by atoms with Gasteiger partial charge in [0.2, 0.25) is 0 Å². The van der Waals surface area contributed by atoms with Crippen molar-refractivity contribution in [3.05, 3.63) is 40.1 Å². The molecule has 1 aliphatic carbocycles. The highest BCUT2D eigenvalue weighted by atomic mass is 32.1. The third-order valence-corrected chi connectivity index (χ3v) is 7.68. The summed E-state index contributed by atoms with van der Waals surface area (Å²) in [5.74, 6) is 3.11. The molecule has 2 aromatic heterocycles. The number of hydrogen-bond acceptors (Lipinski definition) is 6. The minimum Gasteiger partial charge on any atom is -0.360 e. The Morgan fingerprint density at radius 3 is 2.53 bits per heavy atom. The molecule has 1 saturated carbocycles. The fourth-order valence-electron chi connectivity index (χ4n) is 4.44. The van der Waals surface area contributed by atoms with Crippen molar-refractivity contribution in [1.82, 2.24) is 10.3 Å². The predicted octanol–water partition coefficient (Wildman–Crippen LogP) is 4.94. The van der Waals surface area contributed by atoms with E-state index in [1.807, 2.05) is 19.2 Å². The maximum atomic E-state index is 13.5. The number of hydrogen-bond donors (Lipinski definition) is 2. The number of aromatic nitrogens is 1. The first-order valence-electron chi connectivity index (χ1n) is 12.8. The summed E-state index contributed by atoms with van der Waals surface area (Å²) in [6.07, 6.45) is 6.11. The molecule has 34 heavy (non-hydrogen) atoms. The standard InChI is InChI=1S/C27H43N5OS/c1-6-8-9-23(28)24(14-20-10-12-34-18-20)29-27(33)21-15-25(31(4)11-7-2)30-26(16-21)32(5)17-22-13-19(22)3/h10,12,15-16,18-19,22-24H,6-9,11,13-14,17,28H2,1-5H3,(H,29,33)/t19?,22?,23?,24-/m0/s1. The number of unbranched alkanes of at least 4 members (excludes halogenated alkanes) is 1. The Balaban J connectivity index is 1.82. The van der Waals surface area contributed by atoms with Gasteiger partial charge in [-0.25, -0.2) is 4.98 Å². The van der Waals surface area contributed by atoms with Crippen molar-refractivity contribution in [2.75, 3.05) is 37.0 Å². The molecule has 1 aliphatic rings. The Morgan fingerprint density at radius 2 is 1.94 bits per heavy atom. The Bertz CT molecular complexity index is 902. The third-order valence-electron chi connectivity index (χ3n) is 6.95. The first kappa shape index (κ1) is 26.5. The number of thiophene rings is 1. The van der Waals surface area contributed by atoms with Crippen molar-refractivity contribution in [1.29, 1.82) is 0 Å². The fraction of sp³-hybridized carbons (Fsp3) is 0.630. The Hall–Kier alpha value is -2.12. The van der Waals surface area contributed by atoms with E-state index >= 15 is 0 Å². The normalized spacial score (nSPS) is 18.9. The zero-order valence-electron chi connectivity index (χ0n) is 21.6. The van der Waals surface area contributed by atoms with E-state index in [-0.39, 0.29) is 18.0 Å². The number of nitrogens with two attached hydrogens (primary N) is 1. The lowest BCUT2D eigenvalue weighted by molar-refractivity contribution is 0.0929. The summed E-state index contributed by atoms with van der Waals surface area (Å²) < 4.78 is 0. The second kappa shape index (κ2) is 12.5. The quantitative estimate of drug-likeness (QED) is 0.396. The highest BCUT2D eigenvalue weighted by Crippen LogP contribution is 2.38. The topological polar surface area (TPSA) is 74.5 Å². The van der Waals surface area contributed by atoms with Crippen molar-refractivity contribution < 1.29 is 4.79 Å². The van der Waals surface area contributed by atoms with Crippen LogP contribution in [0.5, 0.6) is 0 Å². The molecule has 0 aromatic carbocycles. The molecule has 3 N–H and O–H groups in total. The van der Waals surface area contributed by atoms with E-state index in [4.69, 9.17) is 10.7 Å². The minimum absolute atomic E-state index is 0.0739. The Labute approximate surface area is 209 Å². The average molecular weight is 486 g/mol. The van der Waals surface area contributed by atoms with Gasteiger partial charge in [-0.3, -0.25) is 4.79 Å². The highest BCUT2D eigenvalue weighted by molar-refractivity contribution is 7.07. The van der Waals surface area contributed by atoms with E-state index in [1.54, 1.807) is 11.3 Å². The minimum atomic E-state index is -0.105. The van der Waals surface area contributed by atoms with E-state index < -0.39 is 0 Å². The second-order valence-corrected chi connectivity index (χ2v) is 10.8. The van der Waals surface area contributed by atoms with Crippen molar-refractivity contribution in [2.24, 2.45) is 17.6 Å². The lowest BCUT2D eigenvalue weighted by Crippen LogP contribution is -2.49. The number of nitrogens with one attached hydrogen (secondary N) is 1. The second-order valence-electron chi connectivity index (χ2n) is 10.1. The summed E-state index contributed by atoms with van der Waals surface area (Å²) in [6, 6.07) is 5.79. The molecule has 2 aromatic rings. The predicted molar refractivity (Wildman–Crippen MR) is 145 cm³/mol. The summed E-state index contributed by atoms with van der Waals surface area (Å²) in [4.78, 5) is 22.8. The summed E-state index contributed by atoms with van der Waals surface area (Å²) in [7, 11) is 4.12. The zero-order valence-corrected chi connectivity index (χ0v) is 22.4. The SMILES string of the molecule is CCCCC(N)[C@H](Cc1ccsc1)NC(=O)c1cc(N(C)CCC)nc(N(C)CC2CC2C)c1. The van der Waals surface area contributed by atoms with E-state index in [0.717, 1.165) is 62.7 Å². The molecule has 0 spiro atoms. The van der Waals surface area contributed by atoms with Gasteiger partial charge in [0.05, 0.1) is 0 Å². The van der Waals surface area contributed by atoms with Crippen LogP contribution < -0.4 is 20.9 Å². The molecule has 0 bridgehead atoms. The van der Waals surface area contributed by atoms with Gasteiger partial charge in [-0.2, -0.15) is 11.3 Å². The molecule has 3 unspecified atom stereocenters. The number of carbonyl (C=O) groups excluding carboxylic acids is 1. The molecule has 2 heterocycles. The third kappa shape index (κ3) is 7.44. The molecule has 3 rings (SSSR count). The number of nitrogens with zero attached hydrogens (tertiary/aromatic N) is 3. The van der Waals surface area contributed by atoms with E-state index in [9.17, 15) is 4.79 Å². The van der Waals surface area contributed by atoms with Crippen molar-refractivity contribution in [3.8, 4) is 0 Å². The molecule has 1 fully saturated rings. The van der Waals surface area contributed by atoms with Crippen molar-refractivity contribution in [2.45, 2.75) is 71.4 Å². The van der Waals surface area contributed by atoms with Crippen LogP contribution in [-0.2, 0) is 6.42 Å². The molecule has 0 aliphatic heterocycles. The summed E-state index contributed by atoms with van der Waals surface area (Å²) >= 11 is 1.68. The van der Waals surface area contributed by atoms with Crippen LogP contribution >= 0.6 is 11.3 Å². The number of pyridine rings is 1. The largest absolute Gasteiger partial charge is 0.360 e. The van der Waals surface area contributed by atoms with Crippen LogP contribution in [0.3, 0.4) is 0 Å². The van der Waals surface area contributed by atoms with Gasteiger partial charge in [-0.05, 0) is 72.0 Å². The van der Waals surface area contributed by atoms with Crippen LogP contribution in [0.2, 0.25) is 0 Å². The molecule has 7 heteroatoms. The molecule has 6 nitrogen and oxygen atoms in total. The van der Waals surface area contributed by atoms with Gasteiger partial charge in [0.15, 0.2) is 0 Å². The molecule has 0 saturated heterocycles. The summed E-state index contributed by atoms with van der Waals surface area (Å²) in [5.41, 5.74) is 8.45. The lowest BCUT2D eigenvalue weighted by atomic mass is 9.97. The van der Waals surface area contributed by atoms with Gasteiger partial charge in [-0.1, -0.05) is 33.6 Å². The monoisotopic (exact) mass is 485 g/mol. The van der Waals surface area contributed by atoms with Gasteiger partial charge in [0, 0.05) is 44.8 Å². The molecule has 4 atom stereocenters. The maximum absolute atomic E-state index is 13.5.